The molecule has 1 heterocycles. The van der Waals surface area contributed by atoms with Gasteiger partial charge in [0, 0.05) is 22.1 Å². The molecule has 0 atom stereocenters. The Balaban J connectivity index is 1.39. The molecule has 0 amide bonds. The number of rotatable bonds is 4. The topological polar surface area (TPSA) is 43.0 Å². The second-order valence-corrected chi connectivity index (χ2v) is 10.8. The molecule has 0 N–H and O–H groups in total. The number of nitrogens with zero attached hydrogens (tertiary/aromatic N) is 4. The van der Waals surface area contributed by atoms with Gasteiger partial charge in [-0.05, 0) is 39.4 Å². The van der Waals surface area contributed by atoms with Crippen LogP contribution in [-0.2, 0) is 5.41 Å². The van der Waals surface area contributed by atoms with E-state index in [9.17, 15) is 0 Å². The van der Waals surface area contributed by atoms with Gasteiger partial charge in [0.05, 0.1) is 6.57 Å². The molecule has 0 bridgehead atoms. The van der Waals surface area contributed by atoms with Crippen LogP contribution in [0.5, 0.6) is 0 Å². The summed E-state index contributed by atoms with van der Waals surface area (Å²) in [6.07, 6.45) is 0. The summed E-state index contributed by atoms with van der Waals surface area (Å²) in [5.41, 5.74) is 10.4. The average molecular weight is 527 g/mol. The number of aromatic nitrogens is 3. The molecule has 1 aromatic heterocycles. The highest BCUT2D eigenvalue weighted by Gasteiger charge is 2.36. The van der Waals surface area contributed by atoms with Crippen molar-refractivity contribution >= 4 is 5.69 Å². The third-order valence-electron chi connectivity index (χ3n) is 7.94. The van der Waals surface area contributed by atoms with E-state index < -0.39 is 0 Å². The third-order valence-corrected chi connectivity index (χ3v) is 7.94. The minimum Gasteiger partial charge on any atom is -0.238 e. The van der Waals surface area contributed by atoms with Crippen LogP contribution in [0.4, 0.5) is 5.69 Å². The van der Waals surface area contributed by atoms with Gasteiger partial charge in [-0.2, -0.15) is 0 Å². The van der Waals surface area contributed by atoms with Crippen LogP contribution in [0.2, 0.25) is 0 Å². The van der Waals surface area contributed by atoms with Crippen molar-refractivity contribution in [1.29, 1.82) is 0 Å². The number of hydrogen-bond donors (Lipinski definition) is 0. The molecule has 5 aromatic carbocycles. The number of fused-ring (bicyclic) bond motifs is 3. The lowest BCUT2D eigenvalue weighted by Gasteiger charge is -2.22. The second kappa shape index (κ2) is 9.66. The van der Waals surface area contributed by atoms with Crippen molar-refractivity contribution in [3.8, 4) is 56.4 Å². The highest BCUT2D eigenvalue weighted by atomic mass is 15.0. The molecule has 41 heavy (non-hydrogen) atoms. The first-order chi connectivity index (χ1) is 20.0. The highest BCUT2D eigenvalue weighted by molar-refractivity contribution is 5.93. The fraction of sp³-hybridized carbons (Fsp3) is 0.0811. The summed E-state index contributed by atoms with van der Waals surface area (Å²) in [5.74, 6) is 1.92. The van der Waals surface area contributed by atoms with Gasteiger partial charge in [0.25, 0.3) is 0 Å². The zero-order valence-corrected chi connectivity index (χ0v) is 22.8. The van der Waals surface area contributed by atoms with Gasteiger partial charge in [0.1, 0.15) is 0 Å². The van der Waals surface area contributed by atoms with Gasteiger partial charge in [0.2, 0.25) is 0 Å². The summed E-state index contributed by atoms with van der Waals surface area (Å²) in [6, 6.07) is 41.1. The zero-order valence-electron chi connectivity index (χ0n) is 22.8. The van der Waals surface area contributed by atoms with E-state index in [-0.39, 0.29) is 5.41 Å². The van der Waals surface area contributed by atoms with Gasteiger partial charge in [-0.15, -0.1) is 0 Å². The number of benzene rings is 5. The molecule has 0 spiro atoms. The Kier molecular flexibility index (Phi) is 5.80. The van der Waals surface area contributed by atoms with Crippen LogP contribution in [0.15, 0.2) is 121 Å². The van der Waals surface area contributed by atoms with E-state index in [2.05, 4.69) is 67.2 Å². The maximum Gasteiger partial charge on any atom is 0.187 e. The molecule has 0 saturated carbocycles. The van der Waals surface area contributed by atoms with Gasteiger partial charge in [-0.25, -0.2) is 19.8 Å². The van der Waals surface area contributed by atoms with E-state index >= 15 is 0 Å². The fourth-order valence-corrected chi connectivity index (χ4v) is 5.85. The smallest absolute Gasteiger partial charge is 0.187 e. The standard InChI is InChI=1S/C37H26N4/c1-37(2)31-19-11-18-29(33(31)30-21-20-28(38-3)23-32(30)37)26-16-10-17-27(22-26)36-40-34(24-12-6-4-7-13-24)39-35(41-36)25-14-8-5-9-15-25/h4-23H,1-2H3. The van der Waals surface area contributed by atoms with Crippen LogP contribution in [0.25, 0.3) is 61.3 Å². The summed E-state index contributed by atoms with van der Waals surface area (Å²) in [6.45, 7) is 12.0. The lowest BCUT2D eigenvalue weighted by atomic mass is 9.82. The first-order valence-electron chi connectivity index (χ1n) is 13.7. The summed E-state index contributed by atoms with van der Waals surface area (Å²) >= 11 is 0. The van der Waals surface area contributed by atoms with Crippen molar-refractivity contribution in [1.82, 2.24) is 15.0 Å². The summed E-state index contributed by atoms with van der Waals surface area (Å²) in [7, 11) is 0. The van der Waals surface area contributed by atoms with Crippen LogP contribution >= 0.6 is 0 Å². The Bertz CT molecular complexity index is 1910. The number of hydrogen-bond acceptors (Lipinski definition) is 3. The molecule has 0 saturated heterocycles. The molecule has 1 aliphatic rings. The molecule has 0 unspecified atom stereocenters. The normalized spacial score (nSPS) is 12.8. The zero-order chi connectivity index (χ0) is 28.0. The van der Waals surface area contributed by atoms with E-state index in [0.717, 1.165) is 27.8 Å². The maximum atomic E-state index is 7.53. The molecule has 1 aliphatic carbocycles. The highest BCUT2D eigenvalue weighted by Crippen LogP contribution is 2.53. The van der Waals surface area contributed by atoms with Crippen LogP contribution in [0, 0.1) is 6.57 Å². The van der Waals surface area contributed by atoms with E-state index in [1.165, 1.54) is 22.3 Å². The van der Waals surface area contributed by atoms with Crippen LogP contribution in [0.3, 0.4) is 0 Å². The Morgan fingerprint density at radius 1 is 0.512 bits per heavy atom. The minimum absolute atomic E-state index is 0.192. The van der Waals surface area contributed by atoms with E-state index in [1.54, 1.807) is 0 Å². The SMILES string of the molecule is [C-]#[N+]c1ccc2c(c1)C(C)(C)c1cccc(-c3cccc(-c4nc(-c5ccccc5)nc(-c5ccccc5)n4)c3)c1-2. The molecule has 4 heteroatoms. The molecule has 7 rings (SSSR count). The Morgan fingerprint density at radius 3 is 1.71 bits per heavy atom. The molecular formula is C37H26N4. The van der Waals surface area contributed by atoms with Crippen molar-refractivity contribution in [3.63, 3.8) is 0 Å². The largest absolute Gasteiger partial charge is 0.238 e. The predicted molar refractivity (Wildman–Crippen MR) is 165 cm³/mol. The molecule has 6 aromatic rings. The first kappa shape index (κ1) is 24.6. The molecule has 194 valence electrons. The fourth-order valence-electron chi connectivity index (χ4n) is 5.85. The average Bonchev–Trinajstić information content (AvgIpc) is 3.27. The van der Waals surface area contributed by atoms with Crippen LogP contribution in [-0.4, -0.2) is 15.0 Å². The molecule has 0 aliphatic heterocycles. The molecule has 0 fully saturated rings. The third kappa shape index (κ3) is 4.20. The lowest BCUT2D eigenvalue weighted by Crippen LogP contribution is -2.14. The van der Waals surface area contributed by atoms with Crippen LogP contribution in [0.1, 0.15) is 25.0 Å². The Hall–Kier alpha value is -5.40. The summed E-state index contributed by atoms with van der Waals surface area (Å²) in [4.78, 5) is 18.4. The summed E-state index contributed by atoms with van der Waals surface area (Å²) < 4.78 is 0. The van der Waals surface area contributed by atoms with Crippen molar-refractivity contribution in [2.24, 2.45) is 0 Å². The van der Waals surface area contributed by atoms with Crippen LogP contribution < -0.4 is 0 Å². The van der Waals surface area contributed by atoms with Gasteiger partial charge >= 0.3 is 0 Å². The van der Waals surface area contributed by atoms with E-state index in [4.69, 9.17) is 21.5 Å². The van der Waals surface area contributed by atoms with Gasteiger partial charge in [0.15, 0.2) is 23.2 Å². The molecule has 4 nitrogen and oxygen atoms in total. The molecule has 0 radical (unpaired) electrons. The van der Waals surface area contributed by atoms with Gasteiger partial charge in [-0.1, -0.05) is 129 Å². The van der Waals surface area contributed by atoms with Crippen molar-refractivity contribution in [3.05, 3.63) is 144 Å². The van der Waals surface area contributed by atoms with Gasteiger partial charge in [-0.3, -0.25) is 0 Å². The first-order valence-corrected chi connectivity index (χ1v) is 13.7. The van der Waals surface area contributed by atoms with Crippen molar-refractivity contribution < 1.29 is 0 Å². The van der Waals surface area contributed by atoms with E-state index in [0.29, 0.717) is 23.2 Å². The lowest BCUT2D eigenvalue weighted by molar-refractivity contribution is 0.661. The van der Waals surface area contributed by atoms with Gasteiger partial charge < -0.3 is 0 Å². The van der Waals surface area contributed by atoms with Crippen molar-refractivity contribution in [2.45, 2.75) is 19.3 Å². The second-order valence-electron chi connectivity index (χ2n) is 10.8. The van der Waals surface area contributed by atoms with Crippen molar-refractivity contribution in [2.75, 3.05) is 0 Å². The summed E-state index contributed by atoms with van der Waals surface area (Å²) in [5, 5.41) is 0. The minimum atomic E-state index is -0.192. The maximum absolute atomic E-state index is 7.53. The van der Waals surface area contributed by atoms with E-state index in [1.807, 2.05) is 72.8 Å². The molecular weight excluding hydrogens is 500 g/mol. The Labute approximate surface area is 239 Å². The Morgan fingerprint density at radius 2 is 1.07 bits per heavy atom. The predicted octanol–water partition coefficient (Wildman–Crippen LogP) is 9.40. The monoisotopic (exact) mass is 526 g/mol. The quantitative estimate of drug-likeness (QED) is 0.215.